The molecule has 2 N–H and O–H groups in total. The lowest BCUT2D eigenvalue weighted by Gasteiger charge is -2.48. The van der Waals surface area contributed by atoms with Crippen LogP contribution in [0.3, 0.4) is 0 Å². The lowest BCUT2D eigenvalue weighted by atomic mass is 9.91. The molecule has 1 aliphatic heterocycles. The summed E-state index contributed by atoms with van der Waals surface area (Å²) in [6.07, 6.45) is -1.67. The molecule has 47 heavy (non-hydrogen) atoms. The summed E-state index contributed by atoms with van der Waals surface area (Å²) < 4.78 is 19.6. The van der Waals surface area contributed by atoms with Crippen molar-refractivity contribution in [2.75, 3.05) is 18.4 Å². The number of anilines is 1. The summed E-state index contributed by atoms with van der Waals surface area (Å²) in [5.41, 5.74) is 3.27. The Hall–Kier alpha value is -3.92. The zero-order valence-corrected chi connectivity index (χ0v) is 27.7. The number of rotatable bonds is 14. The molecule has 3 amide bonds. The molecule has 1 heterocycles. The molecule has 4 atom stereocenters. The number of carbonyl (C=O) groups is 2. The van der Waals surface area contributed by atoms with E-state index in [0.29, 0.717) is 28.7 Å². The van der Waals surface area contributed by atoms with E-state index in [1.807, 2.05) is 97.9 Å². The molecule has 246 valence electrons. The third kappa shape index (κ3) is 9.56. The van der Waals surface area contributed by atoms with Gasteiger partial charge in [-0.2, -0.15) is 0 Å². The van der Waals surface area contributed by atoms with Gasteiger partial charge in [-0.15, -0.1) is 0 Å². The summed E-state index contributed by atoms with van der Waals surface area (Å²) in [4.78, 5) is 29.2. The maximum absolute atomic E-state index is 14.3. The maximum atomic E-state index is 14.3. The Morgan fingerprint density at radius 1 is 0.745 bits per heavy atom. The predicted octanol–water partition coefficient (Wildman–Crippen LogP) is 7.49. The summed E-state index contributed by atoms with van der Waals surface area (Å²) in [6, 6.07) is 33.1. The molecule has 0 spiro atoms. The van der Waals surface area contributed by atoms with Crippen LogP contribution in [0.15, 0.2) is 109 Å². The molecule has 0 radical (unpaired) electrons. The molecule has 0 unspecified atom stereocenters. The van der Waals surface area contributed by atoms with Gasteiger partial charge in [0.2, 0.25) is 0 Å². The Balaban J connectivity index is 1.44. The molecule has 0 saturated carbocycles. The minimum Gasteiger partial charge on any atom is -0.368 e. The first-order valence-electron chi connectivity index (χ1n) is 15.7. The number of urea groups is 1. The Bertz CT molecular complexity index is 1580. The largest absolute Gasteiger partial charge is 0.368 e. The number of likely N-dealkylation sites (tertiary alicyclic amines) is 1. The fraction of sp³-hybridized carbons (Fsp3) is 0.297. The lowest BCUT2D eigenvalue weighted by molar-refractivity contribution is -0.208. The Labute approximate surface area is 285 Å². The van der Waals surface area contributed by atoms with E-state index in [4.69, 9.17) is 37.4 Å². The Morgan fingerprint density at radius 2 is 1.28 bits per heavy atom. The minimum atomic E-state index is -0.941. The molecule has 8 nitrogen and oxygen atoms in total. The molecule has 1 saturated heterocycles. The van der Waals surface area contributed by atoms with Gasteiger partial charge in [0, 0.05) is 18.1 Å². The first-order chi connectivity index (χ1) is 22.9. The van der Waals surface area contributed by atoms with Gasteiger partial charge in [-0.25, -0.2) is 4.79 Å². The standard InChI is InChI=1S/C37H39Cl2N3O5/c1-2-20-42-32(22-40-37(44)41-31-19-18-29(38)21-30(31)39)33(45-23-26-12-6-3-7-13-26)34(46-24-27-14-8-4-9-15-27)35(36(42)43)47-25-28-16-10-5-11-17-28/h3-19,21,32-35H,2,20,22-25H2,1H3,(H2,40,41,44)/t32-,33-,34-,35-/m1/s1. The number of nitrogens with one attached hydrogen (secondary N) is 2. The predicted molar refractivity (Wildman–Crippen MR) is 184 cm³/mol. The number of hydrogen-bond donors (Lipinski definition) is 2. The summed E-state index contributed by atoms with van der Waals surface area (Å²) in [7, 11) is 0. The van der Waals surface area contributed by atoms with Gasteiger partial charge in [-0.05, 0) is 41.3 Å². The number of ether oxygens (including phenoxy) is 3. The topological polar surface area (TPSA) is 89.1 Å². The summed E-state index contributed by atoms with van der Waals surface area (Å²) in [5, 5.41) is 6.48. The van der Waals surface area contributed by atoms with Crippen molar-refractivity contribution in [3.8, 4) is 0 Å². The van der Waals surface area contributed by atoms with Crippen LogP contribution < -0.4 is 10.6 Å². The first-order valence-corrected chi connectivity index (χ1v) is 16.5. The Kier molecular flexibility index (Phi) is 12.7. The molecule has 0 aliphatic carbocycles. The van der Waals surface area contributed by atoms with Crippen molar-refractivity contribution in [2.45, 2.75) is 57.5 Å². The van der Waals surface area contributed by atoms with Crippen molar-refractivity contribution >= 4 is 40.8 Å². The third-order valence-electron chi connectivity index (χ3n) is 7.89. The van der Waals surface area contributed by atoms with Crippen molar-refractivity contribution in [2.24, 2.45) is 0 Å². The zero-order valence-electron chi connectivity index (χ0n) is 26.2. The molecule has 0 bridgehead atoms. The second-order valence-electron chi connectivity index (χ2n) is 11.3. The van der Waals surface area contributed by atoms with Gasteiger partial charge in [0.15, 0.2) is 6.10 Å². The number of piperidine rings is 1. The molecule has 4 aromatic rings. The fourth-order valence-corrected chi connectivity index (χ4v) is 6.04. The monoisotopic (exact) mass is 675 g/mol. The average Bonchev–Trinajstić information content (AvgIpc) is 3.09. The van der Waals surface area contributed by atoms with E-state index in [0.717, 1.165) is 16.7 Å². The smallest absolute Gasteiger partial charge is 0.319 e. The van der Waals surface area contributed by atoms with Gasteiger partial charge in [0.1, 0.15) is 12.2 Å². The molecule has 4 aromatic carbocycles. The van der Waals surface area contributed by atoms with Crippen LogP contribution in [0, 0.1) is 0 Å². The highest BCUT2D eigenvalue weighted by Gasteiger charge is 2.50. The van der Waals surface area contributed by atoms with Crippen molar-refractivity contribution in [3.05, 3.63) is 136 Å². The average molecular weight is 677 g/mol. The van der Waals surface area contributed by atoms with Crippen LogP contribution in [0.1, 0.15) is 30.0 Å². The van der Waals surface area contributed by atoms with Gasteiger partial charge >= 0.3 is 6.03 Å². The fourth-order valence-electron chi connectivity index (χ4n) is 5.58. The van der Waals surface area contributed by atoms with Gasteiger partial charge in [-0.1, -0.05) is 121 Å². The number of halogens is 2. The minimum absolute atomic E-state index is 0.0961. The van der Waals surface area contributed by atoms with Gasteiger partial charge < -0.3 is 29.7 Å². The molecular formula is C37H39Cl2N3O5. The summed E-state index contributed by atoms with van der Waals surface area (Å²) in [6.45, 7) is 3.29. The second-order valence-corrected chi connectivity index (χ2v) is 12.1. The maximum Gasteiger partial charge on any atom is 0.319 e. The first kappa shape index (κ1) is 34.4. The van der Waals surface area contributed by atoms with Crippen LogP contribution in [0.25, 0.3) is 0 Å². The Morgan fingerprint density at radius 3 is 1.81 bits per heavy atom. The SMILES string of the molecule is CCCN1C(=O)[C@H](OCc2ccccc2)[C@H](OCc2ccccc2)[C@H](OCc2ccccc2)[C@H]1CNC(=O)Nc1ccc(Cl)cc1Cl. The molecule has 10 heteroatoms. The highest BCUT2D eigenvalue weighted by atomic mass is 35.5. The molecule has 1 fully saturated rings. The van der Waals surface area contributed by atoms with Crippen LogP contribution in [0.5, 0.6) is 0 Å². The van der Waals surface area contributed by atoms with Crippen LogP contribution in [-0.4, -0.2) is 54.3 Å². The number of benzene rings is 4. The molecular weight excluding hydrogens is 637 g/mol. The molecule has 1 aliphatic rings. The zero-order chi connectivity index (χ0) is 33.0. The molecule has 0 aromatic heterocycles. The van der Waals surface area contributed by atoms with Crippen molar-refractivity contribution in [1.82, 2.24) is 10.2 Å². The number of amides is 3. The number of hydrogen-bond acceptors (Lipinski definition) is 5. The third-order valence-corrected chi connectivity index (χ3v) is 8.43. The van der Waals surface area contributed by atoms with Gasteiger partial charge in [0.25, 0.3) is 5.91 Å². The van der Waals surface area contributed by atoms with E-state index in [9.17, 15) is 9.59 Å². The van der Waals surface area contributed by atoms with E-state index in [2.05, 4.69) is 10.6 Å². The van der Waals surface area contributed by atoms with Crippen molar-refractivity contribution in [1.29, 1.82) is 0 Å². The highest BCUT2D eigenvalue weighted by Crippen LogP contribution is 2.30. The molecule has 5 rings (SSSR count). The van der Waals surface area contributed by atoms with E-state index >= 15 is 0 Å². The quantitative estimate of drug-likeness (QED) is 0.145. The van der Waals surface area contributed by atoms with Crippen molar-refractivity contribution in [3.63, 3.8) is 0 Å². The van der Waals surface area contributed by atoms with Gasteiger partial charge in [0.05, 0.1) is 36.6 Å². The second kappa shape index (κ2) is 17.3. The normalized spacial score (nSPS) is 19.4. The van der Waals surface area contributed by atoms with E-state index in [-0.39, 0.29) is 32.3 Å². The summed E-state index contributed by atoms with van der Waals surface area (Å²) in [5.74, 6) is -0.214. The van der Waals surface area contributed by atoms with E-state index in [1.54, 1.807) is 23.1 Å². The van der Waals surface area contributed by atoms with Crippen LogP contribution in [0.2, 0.25) is 10.0 Å². The lowest BCUT2D eigenvalue weighted by Crippen LogP contribution is -2.68. The van der Waals surface area contributed by atoms with E-state index in [1.165, 1.54) is 0 Å². The van der Waals surface area contributed by atoms with Crippen LogP contribution in [0.4, 0.5) is 10.5 Å². The van der Waals surface area contributed by atoms with E-state index < -0.39 is 30.4 Å². The number of nitrogens with zero attached hydrogens (tertiary/aromatic N) is 1. The van der Waals surface area contributed by atoms with Crippen LogP contribution >= 0.6 is 23.2 Å². The number of carbonyl (C=O) groups excluding carboxylic acids is 2. The van der Waals surface area contributed by atoms with Crippen molar-refractivity contribution < 1.29 is 23.8 Å². The van der Waals surface area contributed by atoms with Crippen LogP contribution in [-0.2, 0) is 38.8 Å². The van der Waals surface area contributed by atoms with Gasteiger partial charge in [-0.3, -0.25) is 4.79 Å². The summed E-state index contributed by atoms with van der Waals surface area (Å²) >= 11 is 12.3. The highest BCUT2D eigenvalue weighted by molar-refractivity contribution is 6.36.